The number of aliphatic hydroxyl groups excluding tert-OH is 15. The lowest BCUT2D eigenvalue weighted by atomic mass is 9.54. The van der Waals surface area contributed by atoms with Crippen LogP contribution in [-0.4, -0.2) is 248 Å². The number of rotatable bonds is 32. The Kier molecular flexibility index (Phi) is 24.7. The lowest BCUT2D eigenvalue weighted by Crippen LogP contribution is -2.83. The SMILES string of the molecule is CCC(NC(=O)O)(c1c(O)c(=O)ccn1CC(O)C(O)C(O)C(O)CO)N(C(=O)O)C(c1ccccc1)(C(CC)(NC(=O)O)c1c(O)c(=O)ccn1CC(O)C(O)C(O)C(O)CO)C(CC)(NC(=O)O)c1c(O)c(=O)ccn1CC(O)C(O)C(O)C(O)CO. The van der Waals surface area contributed by atoms with E-state index < -0.39 is 235 Å². The molecule has 36 heteroatoms. The summed E-state index contributed by atoms with van der Waals surface area (Å²) in [5, 5.41) is 251. The van der Waals surface area contributed by atoms with Crippen LogP contribution in [0.4, 0.5) is 19.2 Å². The minimum Gasteiger partial charge on any atom is -0.503 e. The fourth-order valence-corrected chi connectivity index (χ4v) is 11.6. The minimum absolute atomic E-state index is 0.220. The second-order valence-electron chi connectivity index (χ2n) is 20.7. The molecule has 4 aromatic rings. The second kappa shape index (κ2) is 30.0. The smallest absolute Gasteiger partial charge is 0.410 e. The molecule has 0 aliphatic rings. The van der Waals surface area contributed by atoms with Crippen LogP contribution in [0.3, 0.4) is 0 Å². The highest BCUT2D eigenvalue weighted by Crippen LogP contribution is 2.63. The Morgan fingerprint density at radius 1 is 0.438 bits per heavy atom. The molecule has 25 N–H and O–H groups in total. The van der Waals surface area contributed by atoms with Gasteiger partial charge < -0.3 is 137 Å². The summed E-state index contributed by atoms with van der Waals surface area (Å²) in [5.74, 6) is -5.23. The largest absolute Gasteiger partial charge is 0.503 e. The lowest BCUT2D eigenvalue weighted by molar-refractivity contribution is -0.144. The third-order valence-corrected chi connectivity index (χ3v) is 15.6. The average molecular weight is 1270 g/mol. The highest BCUT2D eigenvalue weighted by molar-refractivity contribution is 5.77. The molecule has 89 heavy (non-hydrogen) atoms. The predicted octanol–water partition coefficient (Wildman–Crippen LogP) is -6.55. The van der Waals surface area contributed by atoms with Gasteiger partial charge in [-0.3, -0.25) is 24.6 Å². The number of aromatic hydroxyl groups is 3. The summed E-state index contributed by atoms with van der Waals surface area (Å²) in [6.07, 6.45) is -41.7. The first-order chi connectivity index (χ1) is 41.6. The van der Waals surface area contributed by atoms with Crippen LogP contribution >= 0.6 is 0 Å². The van der Waals surface area contributed by atoms with E-state index in [2.05, 4.69) is 0 Å². The molecule has 4 rings (SSSR count). The van der Waals surface area contributed by atoms with E-state index in [1.54, 1.807) is 0 Å². The van der Waals surface area contributed by atoms with Gasteiger partial charge in [0.15, 0.2) is 22.9 Å². The van der Waals surface area contributed by atoms with Crippen LogP contribution in [0, 0.1) is 0 Å². The zero-order valence-corrected chi connectivity index (χ0v) is 47.6. The predicted molar refractivity (Wildman–Crippen MR) is 298 cm³/mol. The van der Waals surface area contributed by atoms with Gasteiger partial charge >= 0.3 is 24.4 Å². The molecule has 0 saturated carbocycles. The molecule has 3 heterocycles. The number of amides is 4. The van der Waals surface area contributed by atoms with Crippen molar-refractivity contribution in [1.29, 1.82) is 0 Å². The quantitative estimate of drug-likeness (QED) is 0.0202. The van der Waals surface area contributed by atoms with E-state index in [-0.39, 0.29) is 4.90 Å². The standard InChI is InChI=1S/C53H75N7O29/c1-4-50(54-46(82)83,43-40(79)25(64)12-15-57(43)18-28(67)34(73)37(76)31(70)21-61)53(24-10-8-7-9-11-24,51(5-2,55-47(84)85)44-41(80)26(65)13-16-58(44)19-29(68)35(74)38(77)32(71)22-62)60(49(88)89)52(6-3,56-48(86)87)45-42(81)27(66)14-17-59(45)20-30(69)36(75)39(78)33(72)23-63/h7-17,28-39,54-56,61-63,67-81H,4-6,18-23H2,1-3H3,(H,82,83)(H,84,85)(H,86,87)(H,88,89). The molecule has 0 saturated heterocycles. The average Bonchev–Trinajstić information content (AvgIpc) is 0.662. The zero-order chi connectivity index (χ0) is 67.6. The number of carbonyl (C=O) groups is 4. The van der Waals surface area contributed by atoms with Gasteiger partial charge in [0, 0.05) is 36.8 Å². The number of aliphatic hydroxyl groups is 15. The van der Waals surface area contributed by atoms with Gasteiger partial charge in [-0.1, -0.05) is 51.1 Å². The fourth-order valence-electron chi connectivity index (χ4n) is 11.6. The molecule has 15 unspecified atom stereocenters. The Morgan fingerprint density at radius 2 is 0.730 bits per heavy atom. The van der Waals surface area contributed by atoms with Crippen LogP contribution in [0.5, 0.6) is 17.2 Å². The number of hydrogen-bond acceptors (Lipinski definition) is 25. The van der Waals surface area contributed by atoms with E-state index in [0.717, 1.165) is 45.0 Å². The van der Waals surface area contributed by atoms with Gasteiger partial charge in [0.25, 0.3) is 0 Å². The fraction of sp³-hybridized carbons (Fsp3) is 0.528. The maximum atomic E-state index is 15.9. The van der Waals surface area contributed by atoms with Gasteiger partial charge in [-0.15, -0.1) is 0 Å². The zero-order valence-electron chi connectivity index (χ0n) is 47.6. The van der Waals surface area contributed by atoms with Gasteiger partial charge in [-0.05, 0) is 24.8 Å². The first-order valence-electron chi connectivity index (χ1n) is 27.0. The van der Waals surface area contributed by atoms with Crippen LogP contribution < -0.4 is 32.2 Å². The Hall–Kier alpha value is -8.05. The summed E-state index contributed by atoms with van der Waals surface area (Å²) in [5.41, 5.74) is -25.6. The van der Waals surface area contributed by atoms with Crippen molar-refractivity contribution in [3.05, 3.63) is 120 Å². The summed E-state index contributed by atoms with van der Waals surface area (Å²) < 4.78 is 1.40. The van der Waals surface area contributed by atoms with Gasteiger partial charge in [-0.25, -0.2) is 19.2 Å². The van der Waals surface area contributed by atoms with E-state index in [1.807, 2.05) is 16.0 Å². The maximum Gasteiger partial charge on any atom is 0.410 e. The maximum absolute atomic E-state index is 15.9. The van der Waals surface area contributed by atoms with Crippen molar-refractivity contribution in [1.82, 2.24) is 34.6 Å². The van der Waals surface area contributed by atoms with Crippen molar-refractivity contribution in [2.24, 2.45) is 0 Å². The molecule has 0 spiro atoms. The third kappa shape index (κ3) is 13.9. The summed E-state index contributed by atoms with van der Waals surface area (Å²) in [6.45, 7) is -5.22. The highest BCUT2D eigenvalue weighted by Gasteiger charge is 2.76. The minimum atomic E-state index is -4.17. The molecule has 1 aromatic carbocycles. The molecule has 0 radical (unpaired) electrons. The van der Waals surface area contributed by atoms with E-state index in [0.29, 0.717) is 50.5 Å². The van der Waals surface area contributed by atoms with Gasteiger partial charge in [0.05, 0.1) is 50.8 Å². The van der Waals surface area contributed by atoms with E-state index in [1.165, 1.54) is 6.07 Å². The summed E-state index contributed by atoms with van der Waals surface area (Å²) in [6, 6.07) is 6.41. The second-order valence-corrected chi connectivity index (χ2v) is 20.7. The Morgan fingerprint density at radius 3 is 1.00 bits per heavy atom. The van der Waals surface area contributed by atoms with Crippen molar-refractivity contribution in [3.8, 4) is 17.2 Å². The summed E-state index contributed by atoms with van der Waals surface area (Å²) in [7, 11) is 0. The number of hydrogen-bond donors (Lipinski definition) is 25. The summed E-state index contributed by atoms with van der Waals surface area (Å²) in [4.78, 5) is 101. The molecule has 496 valence electrons. The molecule has 4 amide bonds. The number of benzene rings is 1. The van der Waals surface area contributed by atoms with Crippen molar-refractivity contribution in [3.63, 3.8) is 0 Å². The van der Waals surface area contributed by atoms with Crippen molar-refractivity contribution < 1.29 is 132 Å². The number of nitrogens with one attached hydrogen (secondary N) is 3. The van der Waals surface area contributed by atoms with E-state index >= 15 is 4.79 Å². The first-order valence-corrected chi connectivity index (χ1v) is 27.0. The number of aromatic nitrogens is 3. The first kappa shape index (κ1) is 73.4. The number of nitrogens with zero attached hydrogens (tertiary/aromatic N) is 4. The van der Waals surface area contributed by atoms with E-state index in [4.69, 9.17) is 0 Å². The Bertz CT molecular complexity index is 3160. The van der Waals surface area contributed by atoms with Crippen LogP contribution in [-0.2, 0) is 41.9 Å². The molecule has 0 aliphatic carbocycles. The monoisotopic (exact) mass is 1270 g/mol. The highest BCUT2D eigenvalue weighted by atomic mass is 16.4. The Labute approximate surface area is 502 Å². The Balaban J connectivity index is 2.75. The molecule has 3 aromatic heterocycles. The van der Waals surface area contributed by atoms with Crippen molar-refractivity contribution >= 4 is 24.4 Å². The van der Waals surface area contributed by atoms with E-state index in [9.17, 15) is 141 Å². The molecular weight excluding hydrogens is 1200 g/mol. The molecule has 0 bridgehead atoms. The van der Waals surface area contributed by atoms with Crippen LogP contribution in [0.2, 0.25) is 0 Å². The third-order valence-electron chi connectivity index (χ3n) is 15.6. The van der Waals surface area contributed by atoms with Crippen LogP contribution in [0.15, 0.2) is 81.5 Å². The van der Waals surface area contributed by atoms with Gasteiger partial charge in [-0.2, -0.15) is 0 Å². The molecule has 36 nitrogen and oxygen atoms in total. The molecule has 15 atom stereocenters. The van der Waals surface area contributed by atoms with Crippen LogP contribution in [0.1, 0.15) is 62.7 Å². The molecule has 0 aliphatic heterocycles. The van der Waals surface area contributed by atoms with Crippen LogP contribution in [0.25, 0.3) is 0 Å². The topological polar surface area (TPSA) is 619 Å². The van der Waals surface area contributed by atoms with Gasteiger partial charge in [0.2, 0.25) is 16.3 Å². The van der Waals surface area contributed by atoms with Gasteiger partial charge in [0.1, 0.15) is 95.6 Å². The normalized spacial score (nSPS) is 18.6. The number of carboxylic acid groups (broad SMARTS) is 4. The van der Waals surface area contributed by atoms with Crippen molar-refractivity contribution in [2.45, 2.75) is 155 Å². The lowest BCUT2D eigenvalue weighted by Gasteiger charge is -2.66. The number of pyridine rings is 3. The summed E-state index contributed by atoms with van der Waals surface area (Å²) >= 11 is 0. The molecule has 0 fully saturated rings. The molecular formula is C53H75N7O29. The van der Waals surface area contributed by atoms with Crippen molar-refractivity contribution in [2.75, 3.05) is 19.8 Å².